The van der Waals surface area contributed by atoms with Crippen LogP contribution in [0, 0.1) is 0 Å². The van der Waals surface area contributed by atoms with Gasteiger partial charge in [0, 0.05) is 26.3 Å². The number of aryl methyl sites for hydroxylation is 1. The Labute approximate surface area is 114 Å². The third kappa shape index (κ3) is 3.44. The Morgan fingerprint density at radius 1 is 1.53 bits per heavy atom. The van der Waals surface area contributed by atoms with Crippen LogP contribution in [-0.2, 0) is 11.3 Å². The second-order valence-corrected chi connectivity index (χ2v) is 5.08. The van der Waals surface area contributed by atoms with Crippen LogP contribution in [0.2, 0.25) is 0 Å². The molecule has 1 aromatic heterocycles. The molecule has 1 aliphatic rings. The van der Waals surface area contributed by atoms with E-state index in [-0.39, 0.29) is 18.9 Å². The molecule has 1 aromatic rings. The van der Waals surface area contributed by atoms with Crippen molar-refractivity contribution < 1.29 is 6.22 Å². The second kappa shape index (κ2) is 6.02. The van der Waals surface area contributed by atoms with Crippen LogP contribution >= 0.6 is 0 Å². The molecule has 1 fully saturated rings. The molecule has 0 saturated carbocycles. The molecule has 2 N–H and O–H groups in total. The number of pyridine rings is 1. The molecule has 2 atom stereocenters. The first-order valence-corrected chi connectivity index (χ1v) is 6.87. The molecule has 0 radical (unpaired) electrons. The van der Waals surface area contributed by atoms with Gasteiger partial charge in [-0.3, -0.25) is 9.59 Å². The Hall–Kier alpha value is -1.62. The van der Waals surface area contributed by atoms with Gasteiger partial charge >= 0.3 is 0 Å². The van der Waals surface area contributed by atoms with E-state index >= 15 is 0 Å². The van der Waals surface area contributed by atoms with E-state index in [1.54, 1.807) is 16.8 Å². The van der Waals surface area contributed by atoms with Crippen molar-refractivity contribution in [2.24, 2.45) is 0 Å². The highest BCUT2D eigenvalue weighted by atomic mass is 16.2. The molecule has 0 aliphatic carbocycles. The van der Waals surface area contributed by atoms with Crippen LogP contribution < -0.4 is 16.2 Å². The van der Waals surface area contributed by atoms with E-state index in [1.807, 2.05) is 6.92 Å². The Bertz CT molecular complexity index is 515. The molecule has 0 bridgehead atoms. The maximum atomic E-state index is 12.1. The van der Waals surface area contributed by atoms with Gasteiger partial charge in [0.2, 0.25) is 5.91 Å². The van der Waals surface area contributed by atoms with Crippen molar-refractivity contribution in [2.45, 2.75) is 51.7 Å². The zero-order valence-corrected chi connectivity index (χ0v) is 11.5. The Morgan fingerprint density at radius 2 is 2.32 bits per heavy atom. The quantitative estimate of drug-likeness (QED) is 0.872. The summed E-state index contributed by atoms with van der Waals surface area (Å²) in [7, 11) is 0. The highest BCUT2D eigenvalue weighted by Crippen LogP contribution is 2.14. The summed E-state index contributed by atoms with van der Waals surface area (Å²) in [6.07, 6.45) is 4.74. The van der Waals surface area contributed by atoms with Crippen molar-refractivity contribution in [2.75, 3.05) is 5.32 Å². The van der Waals surface area contributed by atoms with Gasteiger partial charge in [-0.1, -0.05) is 0 Å². The summed E-state index contributed by atoms with van der Waals surface area (Å²) in [5, 5.41) is 6.17. The van der Waals surface area contributed by atoms with Gasteiger partial charge in [-0.05, 0) is 39.2 Å². The molecule has 0 spiro atoms. The summed E-state index contributed by atoms with van der Waals surface area (Å²) in [5.74, 6) is -0.0205. The molecule has 5 nitrogen and oxygen atoms in total. The largest absolute Gasteiger partial charge is 0.323 e. The van der Waals surface area contributed by atoms with Crippen molar-refractivity contribution in [1.29, 1.82) is 0 Å². The highest BCUT2D eigenvalue weighted by molar-refractivity contribution is 5.94. The molecule has 0 aromatic carbocycles. The number of rotatable bonds is 3. The molecule has 2 unspecified atom stereocenters. The number of anilines is 1. The molecule has 1 saturated heterocycles. The summed E-state index contributed by atoms with van der Waals surface area (Å²) in [4.78, 5) is 23.6. The average molecular weight is 265 g/mol. The number of carbonyl (C=O) groups is 1. The van der Waals surface area contributed by atoms with Crippen molar-refractivity contribution in [3.05, 3.63) is 28.7 Å². The van der Waals surface area contributed by atoms with Crippen LogP contribution in [0.3, 0.4) is 0 Å². The van der Waals surface area contributed by atoms with E-state index < -0.39 is 0 Å². The molecule has 5 heteroatoms. The number of carbonyl (C=O) groups excluding carboxylic acids is 1. The average Bonchev–Trinajstić information content (AvgIpc) is 2.41. The monoisotopic (exact) mass is 265 g/mol. The number of hydrogen-bond donors (Lipinski definition) is 2. The van der Waals surface area contributed by atoms with Crippen LogP contribution in [0.1, 0.15) is 34.5 Å². The zero-order chi connectivity index (χ0) is 13.8. The number of aromatic nitrogens is 1. The SMILES string of the molecule is CCn1cc(NC(=O)C2CCCC(C)N2)ccc1=O.[HH]. The Kier molecular flexibility index (Phi) is 4.37. The van der Waals surface area contributed by atoms with E-state index in [2.05, 4.69) is 17.6 Å². The van der Waals surface area contributed by atoms with Crippen LogP contribution in [0.15, 0.2) is 23.1 Å². The first-order valence-electron chi connectivity index (χ1n) is 6.87. The fourth-order valence-electron chi connectivity index (χ4n) is 2.43. The molecule has 106 valence electrons. The smallest absolute Gasteiger partial charge is 0.250 e. The number of piperidine rings is 1. The number of amides is 1. The van der Waals surface area contributed by atoms with E-state index in [1.165, 1.54) is 6.07 Å². The first kappa shape index (κ1) is 13.8. The van der Waals surface area contributed by atoms with E-state index in [0.717, 1.165) is 19.3 Å². The number of nitrogens with zero attached hydrogens (tertiary/aromatic N) is 1. The zero-order valence-electron chi connectivity index (χ0n) is 11.5. The van der Waals surface area contributed by atoms with Crippen LogP contribution in [0.25, 0.3) is 0 Å². The van der Waals surface area contributed by atoms with Gasteiger partial charge in [-0.25, -0.2) is 0 Å². The van der Waals surface area contributed by atoms with E-state index in [9.17, 15) is 9.59 Å². The summed E-state index contributed by atoms with van der Waals surface area (Å²) in [5.41, 5.74) is 0.622. The van der Waals surface area contributed by atoms with Crippen LogP contribution in [-0.4, -0.2) is 22.6 Å². The van der Waals surface area contributed by atoms with E-state index in [4.69, 9.17) is 0 Å². The minimum atomic E-state index is -0.134. The fourth-order valence-corrected chi connectivity index (χ4v) is 2.43. The lowest BCUT2D eigenvalue weighted by molar-refractivity contribution is -0.118. The van der Waals surface area contributed by atoms with Crippen molar-refractivity contribution in [3.63, 3.8) is 0 Å². The van der Waals surface area contributed by atoms with Crippen molar-refractivity contribution in [3.8, 4) is 0 Å². The summed E-state index contributed by atoms with van der Waals surface area (Å²) in [6.45, 7) is 4.59. The molecule has 1 aliphatic heterocycles. The standard InChI is InChI=1S/C14H21N3O2.H2/c1-3-17-9-11(7-8-13(17)18)16-14(19)12-6-4-5-10(2)15-12;/h7-10,12,15H,3-6H2,1-2H3,(H,16,19);1H. The van der Waals surface area contributed by atoms with Crippen LogP contribution in [0.4, 0.5) is 5.69 Å². The summed E-state index contributed by atoms with van der Waals surface area (Å²) >= 11 is 0. The number of hydrogen-bond acceptors (Lipinski definition) is 3. The Balaban J connectivity index is 0.00000200. The topological polar surface area (TPSA) is 63.1 Å². The van der Waals surface area contributed by atoms with Gasteiger partial charge in [0.1, 0.15) is 0 Å². The Morgan fingerprint density at radius 3 is 3.00 bits per heavy atom. The number of nitrogens with one attached hydrogen (secondary N) is 2. The second-order valence-electron chi connectivity index (χ2n) is 5.08. The predicted molar refractivity (Wildman–Crippen MR) is 77.4 cm³/mol. The van der Waals surface area contributed by atoms with Gasteiger partial charge in [-0.2, -0.15) is 0 Å². The highest BCUT2D eigenvalue weighted by Gasteiger charge is 2.24. The molecular weight excluding hydrogens is 242 g/mol. The molecule has 1 amide bonds. The third-order valence-corrected chi connectivity index (χ3v) is 3.52. The lowest BCUT2D eigenvalue weighted by Crippen LogP contribution is -2.47. The van der Waals surface area contributed by atoms with Gasteiger partial charge in [0.25, 0.3) is 5.56 Å². The third-order valence-electron chi connectivity index (χ3n) is 3.52. The van der Waals surface area contributed by atoms with Crippen molar-refractivity contribution in [1.82, 2.24) is 9.88 Å². The predicted octanol–water partition coefficient (Wildman–Crippen LogP) is 1.58. The summed E-state index contributed by atoms with van der Waals surface area (Å²) < 4.78 is 1.58. The van der Waals surface area contributed by atoms with Gasteiger partial charge < -0.3 is 15.2 Å². The molecule has 2 heterocycles. The van der Waals surface area contributed by atoms with E-state index in [0.29, 0.717) is 18.3 Å². The molecular formula is C14H23N3O2. The van der Waals surface area contributed by atoms with Gasteiger partial charge in [0.05, 0.1) is 11.7 Å². The first-order chi connectivity index (χ1) is 9.10. The van der Waals surface area contributed by atoms with Gasteiger partial charge in [0.15, 0.2) is 0 Å². The lowest BCUT2D eigenvalue weighted by atomic mass is 9.99. The van der Waals surface area contributed by atoms with Gasteiger partial charge in [-0.15, -0.1) is 0 Å². The maximum Gasteiger partial charge on any atom is 0.250 e. The van der Waals surface area contributed by atoms with Crippen LogP contribution in [0.5, 0.6) is 0 Å². The fraction of sp³-hybridized carbons (Fsp3) is 0.571. The molecule has 2 rings (SSSR count). The maximum absolute atomic E-state index is 12.1. The minimum absolute atomic E-state index is 0. The molecule has 19 heavy (non-hydrogen) atoms. The summed E-state index contributed by atoms with van der Waals surface area (Å²) in [6, 6.07) is 3.38. The lowest BCUT2D eigenvalue weighted by Gasteiger charge is -2.27. The van der Waals surface area contributed by atoms with Crippen molar-refractivity contribution >= 4 is 11.6 Å². The normalized spacial score (nSPS) is 23.1. The minimum Gasteiger partial charge on any atom is -0.323 e.